The zero-order valence-corrected chi connectivity index (χ0v) is 20.8. The molecule has 0 aliphatic heterocycles. The Labute approximate surface area is 205 Å². The molecule has 0 fully saturated rings. The van der Waals surface area contributed by atoms with E-state index in [2.05, 4.69) is 12.2 Å². The lowest BCUT2D eigenvalue weighted by Gasteiger charge is -2.30. The topological polar surface area (TPSA) is 102 Å². The summed E-state index contributed by atoms with van der Waals surface area (Å²) in [7, 11) is 1.59. The van der Waals surface area contributed by atoms with Crippen molar-refractivity contribution < 1.29 is 19.2 Å². The summed E-state index contributed by atoms with van der Waals surface area (Å²) in [4.78, 5) is 38.2. The third-order valence-corrected chi connectivity index (χ3v) is 6.33. The molecule has 0 unspecified atom stereocenters. The van der Waals surface area contributed by atoms with Crippen LogP contribution >= 0.6 is 11.8 Å². The lowest BCUT2D eigenvalue weighted by molar-refractivity contribution is -0.384. The van der Waals surface area contributed by atoms with Crippen molar-refractivity contribution in [1.82, 2.24) is 10.2 Å². The van der Waals surface area contributed by atoms with Crippen molar-refractivity contribution >= 4 is 29.3 Å². The number of thioether (sulfide) groups is 1. The third kappa shape index (κ3) is 8.37. The van der Waals surface area contributed by atoms with E-state index in [0.29, 0.717) is 31.0 Å². The molecule has 1 N–H and O–H groups in total. The fourth-order valence-corrected chi connectivity index (χ4v) is 4.32. The van der Waals surface area contributed by atoms with Crippen LogP contribution in [0.1, 0.15) is 44.2 Å². The maximum absolute atomic E-state index is 13.3. The molecule has 34 heavy (non-hydrogen) atoms. The quantitative estimate of drug-likeness (QED) is 0.238. The van der Waals surface area contributed by atoms with Gasteiger partial charge >= 0.3 is 0 Å². The molecule has 0 spiro atoms. The van der Waals surface area contributed by atoms with Gasteiger partial charge in [-0.25, -0.2) is 0 Å². The van der Waals surface area contributed by atoms with E-state index in [1.54, 1.807) is 24.1 Å². The number of nitrogens with one attached hydrogen (secondary N) is 1. The minimum Gasteiger partial charge on any atom is -0.497 e. The average Bonchev–Trinajstić information content (AvgIpc) is 2.84. The second-order valence-corrected chi connectivity index (χ2v) is 8.84. The Morgan fingerprint density at radius 1 is 1.15 bits per heavy atom. The summed E-state index contributed by atoms with van der Waals surface area (Å²) in [5.74, 6) is 1.15. The van der Waals surface area contributed by atoms with Gasteiger partial charge in [-0.05, 0) is 36.1 Å². The first-order valence-corrected chi connectivity index (χ1v) is 12.6. The Hall–Kier alpha value is -3.07. The first-order chi connectivity index (χ1) is 16.4. The van der Waals surface area contributed by atoms with Gasteiger partial charge in [0.05, 0.1) is 17.8 Å². The molecule has 2 rings (SSSR count). The number of carbonyl (C=O) groups is 2. The second kappa shape index (κ2) is 14.2. The van der Waals surface area contributed by atoms with Gasteiger partial charge in [0.2, 0.25) is 11.8 Å². The van der Waals surface area contributed by atoms with Crippen molar-refractivity contribution in [3.8, 4) is 5.75 Å². The number of methoxy groups -OCH3 is 1. The van der Waals surface area contributed by atoms with Gasteiger partial charge < -0.3 is 15.0 Å². The zero-order chi connectivity index (χ0) is 24.9. The van der Waals surface area contributed by atoms with Gasteiger partial charge in [-0.15, -0.1) is 11.8 Å². The lowest BCUT2D eigenvalue weighted by Crippen LogP contribution is -2.49. The van der Waals surface area contributed by atoms with Gasteiger partial charge in [0.25, 0.3) is 5.69 Å². The number of nitro benzene ring substituents is 1. The first-order valence-electron chi connectivity index (χ1n) is 11.4. The highest BCUT2D eigenvalue weighted by atomic mass is 32.2. The van der Waals surface area contributed by atoms with E-state index in [4.69, 9.17) is 4.74 Å². The molecule has 2 aromatic carbocycles. The van der Waals surface area contributed by atoms with Gasteiger partial charge in [0.1, 0.15) is 11.8 Å². The summed E-state index contributed by atoms with van der Waals surface area (Å²) >= 11 is 1.42. The highest BCUT2D eigenvalue weighted by molar-refractivity contribution is 7.99. The largest absolute Gasteiger partial charge is 0.497 e. The van der Waals surface area contributed by atoms with Crippen LogP contribution in [0.15, 0.2) is 48.5 Å². The van der Waals surface area contributed by atoms with Gasteiger partial charge in [-0.1, -0.05) is 44.5 Å². The number of nitro groups is 1. The average molecular weight is 488 g/mol. The number of hydrogen-bond acceptors (Lipinski definition) is 6. The summed E-state index contributed by atoms with van der Waals surface area (Å²) in [6.45, 7) is 4.85. The number of amides is 2. The molecular weight excluding hydrogens is 454 g/mol. The summed E-state index contributed by atoms with van der Waals surface area (Å²) in [5.41, 5.74) is 1.81. The van der Waals surface area contributed by atoms with E-state index in [0.717, 1.165) is 24.0 Å². The van der Waals surface area contributed by atoms with Crippen LogP contribution in [-0.2, 0) is 21.9 Å². The maximum Gasteiger partial charge on any atom is 0.269 e. The molecule has 1 atom stereocenters. The SMILES string of the molecule is CCCCNC(=O)[C@H](CC)N(Cc1cccc(OC)c1)C(=O)CSCc1ccc([N+](=O)[O-])cc1. The van der Waals surface area contributed by atoms with E-state index < -0.39 is 11.0 Å². The van der Waals surface area contributed by atoms with Crippen molar-refractivity contribution in [3.63, 3.8) is 0 Å². The molecule has 8 nitrogen and oxygen atoms in total. The van der Waals surface area contributed by atoms with Crippen LogP contribution in [0.5, 0.6) is 5.75 Å². The Kier molecular flexibility index (Phi) is 11.4. The second-order valence-electron chi connectivity index (χ2n) is 7.86. The predicted molar refractivity (Wildman–Crippen MR) is 135 cm³/mol. The fourth-order valence-electron chi connectivity index (χ4n) is 3.45. The summed E-state index contributed by atoms with van der Waals surface area (Å²) in [6, 6.07) is 13.2. The van der Waals surface area contributed by atoms with Crippen molar-refractivity contribution in [2.45, 2.75) is 51.4 Å². The van der Waals surface area contributed by atoms with Crippen LogP contribution in [0.2, 0.25) is 0 Å². The molecule has 0 aliphatic rings. The molecule has 184 valence electrons. The van der Waals surface area contributed by atoms with E-state index >= 15 is 0 Å². The number of nitrogens with zero attached hydrogens (tertiary/aromatic N) is 2. The number of hydrogen-bond donors (Lipinski definition) is 1. The standard InChI is InChI=1S/C25H33N3O5S/c1-4-6-14-26-25(30)23(5-2)27(16-20-8-7-9-22(15-20)33-3)24(29)18-34-17-19-10-12-21(13-11-19)28(31)32/h7-13,15,23H,4-6,14,16-18H2,1-3H3,(H,26,30)/t23-/m0/s1. The number of benzene rings is 2. The molecule has 0 saturated heterocycles. The number of unbranched alkanes of at least 4 members (excludes halogenated alkanes) is 1. The Morgan fingerprint density at radius 2 is 1.88 bits per heavy atom. The van der Waals surface area contributed by atoms with E-state index in [9.17, 15) is 19.7 Å². The van der Waals surface area contributed by atoms with Crippen molar-refractivity contribution in [1.29, 1.82) is 0 Å². The van der Waals surface area contributed by atoms with E-state index in [-0.39, 0.29) is 23.3 Å². The predicted octanol–water partition coefficient (Wildman–Crippen LogP) is 4.56. The molecule has 0 aliphatic carbocycles. The van der Waals surface area contributed by atoms with Gasteiger partial charge in [-0.3, -0.25) is 19.7 Å². The minimum absolute atomic E-state index is 0.0363. The lowest BCUT2D eigenvalue weighted by atomic mass is 10.1. The number of rotatable bonds is 14. The number of ether oxygens (including phenoxy) is 1. The van der Waals surface area contributed by atoms with Crippen LogP contribution in [0.3, 0.4) is 0 Å². The van der Waals surface area contributed by atoms with Gasteiger partial charge in [0, 0.05) is 31.0 Å². The molecule has 0 saturated carbocycles. The Morgan fingerprint density at radius 3 is 2.50 bits per heavy atom. The molecule has 9 heteroatoms. The summed E-state index contributed by atoms with van der Waals surface area (Å²) < 4.78 is 5.30. The van der Waals surface area contributed by atoms with Crippen LogP contribution < -0.4 is 10.1 Å². The molecule has 0 radical (unpaired) electrons. The molecular formula is C25H33N3O5S. The number of non-ortho nitro benzene ring substituents is 1. The van der Waals surface area contributed by atoms with E-state index in [1.165, 1.54) is 23.9 Å². The molecule has 0 heterocycles. The van der Waals surface area contributed by atoms with Crippen molar-refractivity contribution in [2.75, 3.05) is 19.4 Å². The van der Waals surface area contributed by atoms with Crippen molar-refractivity contribution in [2.24, 2.45) is 0 Å². The summed E-state index contributed by atoms with van der Waals surface area (Å²) in [6.07, 6.45) is 2.36. The first kappa shape index (κ1) is 27.2. The third-order valence-electron chi connectivity index (χ3n) is 5.34. The van der Waals surface area contributed by atoms with Gasteiger partial charge in [-0.2, -0.15) is 0 Å². The zero-order valence-electron chi connectivity index (χ0n) is 20.0. The van der Waals surface area contributed by atoms with Gasteiger partial charge in [0.15, 0.2) is 0 Å². The Balaban J connectivity index is 2.11. The normalized spacial score (nSPS) is 11.5. The highest BCUT2D eigenvalue weighted by Gasteiger charge is 2.28. The molecule has 0 bridgehead atoms. The van der Waals surface area contributed by atoms with Crippen LogP contribution in [0, 0.1) is 10.1 Å². The minimum atomic E-state index is -0.574. The Bertz CT molecular complexity index is 952. The molecule has 0 aromatic heterocycles. The monoisotopic (exact) mass is 487 g/mol. The molecule has 2 amide bonds. The smallest absolute Gasteiger partial charge is 0.269 e. The number of carbonyl (C=O) groups excluding carboxylic acids is 2. The summed E-state index contributed by atoms with van der Waals surface area (Å²) in [5, 5.41) is 13.8. The van der Waals surface area contributed by atoms with Crippen molar-refractivity contribution in [3.05, 3.63) is 69.8 Å². The van der Waals surface area contributed by atoms with Crippen LogP contribution in [0.25, 0.3) is 0 Å². The van der Waals surface area contributed by atoms with Crippen LogP contribution in [-0.4, -0.2) is 47.1 Å². The maximum atomic E-state index is 13.3. The van der Waals surface area contributed by atoms with E-state index in [1.807, 2.05) is 31.2 Å². The molecule has 2 aromatic rings. The highest BCUT2D eigenvalue weighted by Crippen LogP contribution is 2.20. The van der Waals surface area contributed by atoms with Crippen LogP contribution in [0.4, 0.5) is 5.69 Å². The fraction of sp³-hybridized carbons (Fsp3) is 0.440.